The number of carbonyl (C=O) groups excluding carboxylic acids is 1. The number of benzene rings is 1. The predicted molar refractivity (Wildman–Crippen MR) is 101 cm³/mol. The fourth-order valence-corrected chi connectivity index (χ4v) is 5.04. The highest BCUT2D eigenvalue weighted by molar-refractivity contribution is 7.98. The molecule has 0 aliphatic heterocycles. The molecule has 3 nitrogen and oxygen atoms in total. The lowest BCUT2D eigenvalue weighted by Gasteiger charge is -2.28. The number of hydrogen-bond donors (Lipinski definition) is 0. The van der Waals surface area contributed by atoms with Crippen molar-refractivity contribution in [3.63, 3.8) is 0 Å². The van der Waals surface area contributed by atoms with Crippen molar-refractivity contribution in [2.45, 2.75) is 56.1 Å². The minimum Gasteiger partial charge on any atom is -0.299 e. The average molecular weight is 369 g/mol. The highest BCUT2D eigenvalue weighted by Crippen LogP contribution is 2.31. The minimum atomic E-state index is -2.98. The SMILES string of the molecule is CSc1ccc(CC(=O)C2CCC(CS(=O)(=O)C(C)C)CC2)cc1. The first-order valence-electron chi connectivity index (χ1n) is 8.69. The van der Waals surface area contributed by atoms with Gasteiger partial charge in [0.1, 0.15) is 5.78 Å². The van der Waals surface area contributed by atoms with Gasteiger partial charge in [-0.25, -0.2) is 8.42 Å². The molecule has 0 unspecified atom stereocenters. The molecule has 0 heterocycles. The normalized spacial score (nSPS) is 21.8. The van der Waals surface area contributed by atoms with Gasteiger partial charge in [-0.05, 0) is 69.4 Å². The number of hydrogen-bond acceptors (Lipinski definition) is 4. The molecule has 2 rings (SSSR count). The van der Waals surface area contributed by atoms with Crippen molar-refractivity contribution in [2.75, 3.05) is 12.0 Å². The fraction of sp³-hybridized carbons (Fsp3) is 0.632. The summed E-state index contributed by atoms with van der Waals surface area (Å²) in [5, 5.41) is -0.305. The maximum Gasteiger partial charge on any atom is 0.152 e. The summed E-state index contributed by atoms with van der Waals surface area (Å²) >= 11 is 1.70. The summed E-state index contributed by atoms with van der Waals surface area (Å²) in [6.07, 6.45) is 5.91. The Morgan fingerprint density at radius 1 is 1.12 bits per heavy atom. The van der Waals surface area contributed by atoms with Crippen LogP contribution in [0.4, 0.5) is 0 Å². The fourth-order valence-electron chi connectivity index (χ4n) is 3.26. The van der Waals surface area contributed by atoms with Crippen LogP contribution in [-0.2, 0) is 21.1 Å². The Hall–Kier alpha value is -0.810. The number of Topliss-reactive ketones (excluding diaryl/α,β-unsaturated/α-hetero) is 1. The van der Waals surface area contributed by atoms with E-state index in [0.29, 0.717) is 12.2 Å². The van der Waals surface area contributed by atoms with Crippen LogP contribution < -0.4 is 0 Å². The molecule has 24 heavy (non-hydrogen) atoms. The molecule has 1 aromatic carbocycles. The van der Waals surface area contributed by atoms with Crippen LogP contribution in [0.5, 0.6) is 0 Å². The molecule has 0 spiro atoms. The molecule has 0 atom stereocenters. The van der Waals surface area contributed by atoms with Gasteiger partial charge in [-0.15, -0.1) is 11.8 Å². The van der Waals surface area contributed by atoms with Crippen LogP contribution in [0, 0.1) is 11.8 Å². The molecule has 0 N–H and O–H groups in total. The van der Waals surface area contributed by atoms with Gasteiger partial charge in [-0.1, -0.05) is 12.1 Å². The molecule has 0 amide bonds. The Kier molecular flexibility index (Phi) is 6.93. The summed E-state index contributed by atoms with van der Waals surface area (Å²) in [7, 11) is -2.98. The van der Waals surface area contributed by atoms with Crippen LogP contribution in [0.2, 0.25) is 0 Å². The van der Waals surface area contributed by atoms with Gasteiger partial charge >= 0.3 is 0 Å². The first-order chi connectivity index (χ1) is 11.3. The van der Waals surface area contributed by atoms with E-state index >= 15 is 0 Å². The van der Waals surface area contributed by atoms with Gasteiger partial charge in [0.15, 0.2) is 9.84 Å². The second kappa shape index (κ2) is 8.52. The van der Waals surface area contributed by atoms with Crippen molar-refractivity contribution in [3.8, 4) is 0 Å². The van der Waals surface area contributed by atoms with Crippen LogP contribution in [0.15, 0.2) is 29.2 Å². The first kappa shape index (κ1) is 19.5. The minimum absolute atomic E-state index is 0.100. The van der Waals surface area contributed by atoms with Crippen molar-refractivity contribution in [3.05, 3.63) is 29.8 Å². The third kappa shape index (κ3) is 5.35. The molecule has 1 saturated carbocycles. The van der Waals surface area contributed by atoms with Crippen molar-refractivity contribution in [2.24, 2.45) is 11.8 Å². The molecule has 1 aromatic rings. The number of sulfone groups is 1. The zero-order valence-corrected chi connectivity index (χ0v) is 16.5. The number of ketones is 1. The largest absolute Gasteiger partial charge is 0.299 e. The molecule has 0 saturated heterocycles. The van der Waals surface area contributed by atoms with Crippen LogP contribution in [0.1, 0.15) is 45.1 Å². The highest BCUT2D eigenvalue weighted by Gasteiger charge is 2.29. The van der Waals surface area contributed by atoms with E-state index in [1.165, 1.54) is 4.90 Å². The van der Waals surface area contributed by atoms with E-state index in [4.69, 9.17) is 0 Å². The standard InChI is InChI=1S/C19H28O3S2/c1-14(2)24(21,22)13-16-4-8-17(9-5-16)19(20)12-15-6-10-18(23-3)11-7-15/h6-7,10-11,14,16-17H,4-5,8-9,12-13H2,1-3H3. The molecule has 1 aliphatic carbocycles. The maximum absolute atomic E-state index is 12.5. The number of carbonyl (C=O) groups is 1. The Labute approximate surface area is 150 Å². The zero-order chi connectivity index (χ0) is 17.7. The third-order valence-electron chi connectivity index (χ3n) is 5.03. The average Bonchev–Trinajstić information content (AvgIpc) is 2.55. The second-order valence-corrected chi connectivity index (χ2v) is 10.6. The Morgan fingerprint density at radius 2 is 1.71 bits per heavy atom. The van der Waals surface area contributed by atoms with Crippen molar-refractivity contribution < 1.29 is 13.2 Å². The summed E-state index contributed by atoms with van der Waals surface area (Å²) in [6.45, 7) is 3.49. The monoisotopic (exact) mass is 368 g/mol. The van der Waals surface area contributed by atoms with E-state index in [0.717, 1.165) is 31.2 Å². The van der Waals surface area contributed by atoms with Gasteiger partial charge in [-0.2, -0.15) is 0 Å². The second-order valence-electron chi connectivity index (χ2n) is 7.09. The summed E-state index contributed by atoms with van der Waals surface area (Å²) in [4.78, 5) is 13.7. The Morgan fingerprint density at radius 3 is 2.21 bits per heavy atom. The maximum atomic E-state index is 12.5. The van der Waals surface area contributed by atoms with Gasteiger partial charge in [0.2, 0.25) is 0 Å². The molecule has 134 valence electrons. The van der Waals surface area contributed by atoms with Gasteiger partial charge < -0.3 is 0 Å². The van der Waals surface area contributed by atoms with Crippen molar-refractivity contribution in [1.29, 1.82) is 0 Å². The van der Waals surface area contributed by atoms with E-state index in [1.54, 1.807) is 25.6 Å². The zero-order valence-electron chi connectivity index (χ0n) is 14.8. The van der Waals surface area contributed by atoms with E-state index < -0.39 is 9.84 Å². The smallest absolute Gasteiger partial charge is 0.152 e. The molecule has 1 aliphatic rings. The molecular weight excluding hydrogens is 340 g/mol. The van der Waals surface area contributed by atoms with Crippen molar-refractivity contribution in [1.82, 2.24) is 0 Å². The van der Waals surface area contributed by atoms with Gasteiger partial charge in [0.05, 0.1) is 11.0 Å². The lowest BCUT2D eigenvalue weighted by molar-refractivity contribution is -0.123. The van der Waals surface area contributed by atoms with E-state index in [2.05, 4.69) is 12.1 Å². The topological polar surface area (TPSA) is 51.2 Å². The number of thioether (sulfide) groups is 1. The summed E-state index contributed by atoms with van der Waals surface area (Å²) in [5.41, 5.74) is 1.07. The summed E-state index contributed by atoms with van der Waals surface area (Å²) in [6, 6.07) is 8.18. The van der Waals surface area contributed by atoms with Crippen LogP contribution >= 0.6 is 11.8 Å². The Balaban J connectivity index is 1.84. The molecule has 5 heteroatoms. The van der Waals surface area contributed by atoms with Crippen LogP contribution in [0.25, 0.3) is 0 Å². The predicted octanol–water partition coefficient (Wildman–Crippen LogP) is 4.15. The first-order valence-corrected chi connectivity index (χ1v) is 11.6. The molecule has 0 radical (unpaired) electrons. The van der Waals surface area contributed by atoms with Crippen LogP contribution in [-0.4, -0.2) is 31.5 Å². The Bertz CT molecular complexity index is 640. The van der Waals surface area contributed by atoms with Gasteiger partial charge in [-0.3, -0.25) is 4.79 Å². The molecule has 0 bridgehead atoms. The highest BCUT2D eigenvalue weighted by atomic mass is 32.2. The van der Waals surface area contributed by atoms with Crippen LogP contribution in [0.3, 0.4) is 0 Å². The summed E-state index contributed by atoms with van der Waals surface area (Å²) < 4.78 is 24.1. The lowest BCUT2D eigenvalue weighted by Crippen LogP contribution is -2.29. The molecule has 0 aromatic heterocycles. The van der Waals surface area contributed by atoms with Gasteiger partial charge in [0.25, 0.3) is 0 Å². The van der Waals surface area contributed by atoms with E-state index in [9.17, 15) is 13.2 Å². The summed E-state index contributed by atoms with van der Waals surface area (Å²) in [5.74, 6) is 0.907. The van der Waals surface area contributed by atoms with E-state index in [-0.39, 0.29) is 22.8 Å². The van der Waals surface area contributed by atoms with Crippen molar-refractivity contribution >= 4 is 27.4 Å². The third-order valence-corrected chi connectivity index (χ3v) is 8.14. The molecular formula is C19H28O3S2. The lowest BCUT2D eigenvalue weighted by atomic mass is 9.79. The van der Waals surface area contributed by atoms with Gasteiger partial charge in [0, 0.05) is 17.2 Å². The van der Waals surface area contributed by atoms with E-state index in [1.807, 2.05) is 18.4 Å². The molecule has 1 fully saturated rings. The number of rotatable bonds is 7. The quantitative estimate of drug-likeness (QED) is 0.679.